The van der Waals surface area contributed by atoms with Crippen molar-refractivity contribution in [3.8, 4) is 0 Å². The van der Waals surface area contributed by atoms with Crippen molar-refractivity contribution in [2.24, 2.45) is 0 Å². The minimum Gasteiger partial charge on any atom is -0.304 e. The van der Waals surface area contributed by atoms with Crippen LogP contribution < -0.4 is 5.43 Å². The van der Waals surface area contributed by atoms with Gasteiger partial charge in [-0.05, 0) is 13.5 Å². The van der Waals surface area contributed by atoms with Gasteiger partial charge in [0, 0.05) is 43.8 Å². The van der Waals surface area contributed by atoms with Gasteiger partial charge in [-0.25, -0.2) is 15.4 Å². The van der Waals surface area contributed by atoms with Gasteiger partial charge in [0.1, 0.15) is 0 Å². The molecule has 1 N–H and O–H groups in total. The highest BCUT2D eigenvalue weighted by Crippen LogP contribution is 2.13. The van der Waals surface area contributed by atoms with Crippen molar-refractivity contribution in [3.05, 3.63) is 16.1 Å². The van der Waals surface area contributed by atoms with Crippen LogP contribution in [-0.4, -0.2) is 48.1 Å². The molecule has 1 aliphatic rings. The Kier molecular flexibility index (Phi) is 4.29. The lowest BCUT2D eigenvalue weighted by molar-refractivity contribution is 0.102. The van der Waals surface area contributed by atoms with E-state index >= 15 is 0 Å². The molecule has 0 unspecified atom stereocenters. The van der Waals surface area contributed by atoms with E-state index in [4.69, 9.17) is 0 Å². The molecule has 2 rings (SSSR count). The molecule has 0 atom stereocenters. The fraction of sp³-hybridized carbons (Fsp3) is 0.727. The van der Waals surface area contributed by atoms with Crippen molar-refractivity contribution in [2.75, 3.05) is 33.2 Å². The maximum Gasteiger partial charge on any atom is 0.0925 e. The van der Waals surface area contributed by atoms with Gasteiger partial charge in [-0.15, -0.1) is 11.3 Å². The molecule has 5 heteroatoms. The molecule has 0 aliphatic carbocycles. The van der Waals surface area contributed by atoms with Crippen molar-refractivity contribution in [1.29, 1.82) is 0 Å². The molecule has 0 aromatic carbocycles. The molecule has 1 aromatic rings. The van der Waals surface area contributed by atoms with Gasteiger partial charge in [-0.2, -0.15) is 0 Å². The zero-order chi connectivity index (χ0) is 11.4. The van der Waals surface area contributed by atoms with E-state index in [1.165, 1.54) is 9.88 Å². The van der Waals surface area contributed by atoms with Gasteiger partial charge in [0.25, 0.3) is 0 Å². The van der Waals surface area contributed by atoms with E-state index in [2.05, 4.69) is 34.3 Å². The smallest absolute Gasteiger partial charge is 0.0925 e. The summed E-state index contributed by atoms with van der Waals surface area (Å²) in [5.74, 6) is 0. The van der Waals surface area contributed by atoms with Crippen molar-refractivity contribution in [2.45, 2.75) is 19.9 Å². The third kappa shape index (κ3) is 3.25. The van der Waals surface area contributed by atoms with Crippen LogP contribution in [0.3, 0.4) is 0 Å². The number of hydrogen-bond donors (Lipinski definition) is 1. The second-order valence-electron chi connectivity index (χ2n) is 4.20. The molecule has 4 nitrogen and oxygen atoms in total. The van der Waals surface area contributed by atoms with Crippen LogP contribution in [0, 0.1) is 0 Å². The van der Waals surface area contributed by atoms with Crippen LogP contribution >= 0.6 is 11.3 Å². The number of rotatable bonds is 4. The largest absolute Gasteiger partial charge is 0.304 e. The number of hydrogen-bond acceptors (Lipinski definition) is 5. The van der Waals surface area contributed by atoms with Crippen molar-refractivity contribution < 1.29 is 0 Å². The molecule has 1 aliphatic heterocycles. The number of piperazine rings is 1. The van der Waals surface area contributed by atoms with E-state index in [1.54, 1.807) is 0 Å². The first kappa shape index (κ1) is 12.0. The Hall–Kier alpha value is -0.490. The van der Waals surface area contributed by atoms with E-state index in [9.17, 15) is 0 Å². The Morgan fingerprint density at radius 2 is 2.12 bits per heavy atom. The number of likely N-dealkylation sites (N-methyl/N-ethyl adjacent to an activating group) is 1. The topological polar surface area (TPSA) is 31.4 Å². The molecule has 16 heavy (non-hydrogen) atoms. The van der Waals surface area contributed by atoms with E-state index in [0.29, 0.717) is 0 Å². The summed E-state index contributed by atoms with van der Waals surface area (Å²) in [4.78, 5) is 8.05. The molecule has 0 amide bonds. The van der Waals surface area contributed by atoms with Crippen LogP contribution in [0.4, 0.5) is 0 Å². The summed E-state index contributed by atoms with van der Waals surface area (Å²) in [5, 5.41) is 3.54. The molecular formula is C11H20N4S. The lowest BCUT2D eigenvalue weighted by Gasteiger charge is -2.32. The summed E-state index contributed by atoms with van der Waals surface area (Å²) >= 11 is 1.81. The number of hydrazine groups is 1. The monoisotopic (exact) mass is 240 g/mol. The number of aromatic nitrogens is 1. The molecule has 1 fully saturated rings. The van der Waals surface area contributed by atoms with Gasteiger partial charge in [0.05, 0.1) is 5.01 Å². The predicted octanol–water partition coefficient (Wildman–Crippen LogP) is 0.957. The van der Waals surface area contributed by atoms with Crippen molar-refractivity contribution in [1.82, 2.24) is 20.3 Å². The Morgan fingerprint density at radius 3 is 2.75 bits per heavy atom. The Bertz CT molecular complexity index is 318. The molecule has 0 bridgehead atoms. The minimum atomic E-state index is 0.918. The van der Waals surface area contributed by atoms with Crippen LogP contribution in [0.2, 0.25) is 0 Å². The summed E-state index contributed by atoms with van der Waals surface area (Å²) in [6.45, 7) is 7.58. The average Bonchev–Trinajstić information content (AvgIpc) is 2.76. The summed E-state index contributed by atoms with van der Waals surface area (Å²) in [5.41, 5.74) is 3.47. The third-order valence-corrected chi connectivity index (χ3v) is 4.03. The SMILES string of the molecule is CCc1ncc(CNN2CCN(C)CC2)s1. The van der Waals surface area contributed by atoms with Gasteiger partial charge >= 0.3 is 0 Å². The van der Waals surface area contributed by atoms with Crippen molar-refractivity contribution in [3.63, 3.8) is 0 Å². The standard InChI is InChI=1S/C11H20N4S/c1-3-11-12-8-10(16-11)9-13-15-6-4-14(2)5-7-15/h8,13H,3-7,9H2,1-2H3. The molecule has 0 radical (unpaired) electrons. The fourth-order valence-electron chi connectivity index (χ4n) is 1.75. The van der Waals surface area contributed by atoms with E-state index < -0.39 is 0 Å². The third-order valence-electron chi connectivity index (χ3n) is 2.88. The first-order valence-corrected chi connectivity index (χ1v) is 6.70. The summed E-state index contributed by atoms with van der Waals surface area (Å²) in [6, 6.07) is 0. The van der Waals surface area contributed by atoms with Crippen LogP contribution in [0.25, 0.3) is 0 Å². The van der Waals surface area contributed by atoms with Crippen molar-refractivity contribution >= 4 is 11.3 Å². The molecule has 1 aromatic heterocycles. The lowest BCUT2D eigenvalue weighted by atomic mass is 10.4. The summed E-state index contributed by atoms with van der Waals surface area (Å²) in [7, 11) is 2.17. The maximum absolute atomic E-state index is 4.36. The summed E-state index contributed by atoms with van der Waals surface area (Å²) < 4.78 is 0. The highest BCUT2D eigenvalue weighted by molar-refractivity contribution is 7.11. The minimum absolute atomic E-state index is 0.918. The van der Waals surface area contributed by atoms with Gasteiger partial charge in [-0.1, -0.05) is 6.92 Å². The second kappa shape index (κ2) is 5.72. The molecule has 90 valence electrons. The fourth-order valence-corrected chi connectivity index (χ4v) is 2.54. The highest BCUT2D eigenvalue weighted by atomic mass is 32.1. The highest BCUT2D eigenvalue weighted by Gasteiger charge is 2.13. The molecular weight excluding hydrogens is 220 g/mol. The van der Waals surface area contributed by atoms with E-state index in [0.717, 1.165) is 39.1 Å². The number of nitrogens with one attached hydrogen (secondary N) is 1. The van der Waals surface area contributed by atoms with Gasteiger partial charge in [0.15, 0.2) is 0 Å². The Balaban J connectivity index is 1.74. The molecule has 0 spiro atoms. The van der Waals surface area contributed by atoms with Gasteiger partial charge in [0.2, 0.25) is 0 Å². The normalized spacial score (nSPS) is 19.1. The Labute approximate surface area is 101 Å². The molecule has 0 saturated carbocycles. The van der Waals surface area contributed by atoms with Crippen LogP contribution in [-0.2, 0) is 13.0 Å². The first-order chi connectivity index (χ1) is 7.78. The summed E-state index contributed by atoms with van der Waals surface area (Å²) in [6.07, 6.45) is 3.03. The van der Waals surface area contributed by atoms with E-state index in [-0.39, 0.29) is 0 Å². The average molecular weight is 240 g/mol. The Morgan fingerprint density at radius 1 is 1.38 bits per heavy atom. The zero-order valence-corrected chi connectivity index (χ0v) is 10.9. The maximum atomic E-state index is 4.36. The van der Waals surface area contributed by atoms with Crippen LogP contribution in [0.1, 0.15) is 16.8 Å². The van der Waals surface area contributed by atoms with Gasteiger partial charge in [-0.3, -0.25) is 0 Å². The van der Waals surface area contributed by atoms with Crippen LogP contribution in [0.15, 0.2) is 6.20 Å². The van der Waals surface area contributed by atoms with E-state index in [1.807, 2.05) is 17.5 Å². The first-order valence-electron chi connectivity index (χ1n) is 5.88. The zero-order valence-electron chi connectivity index (χ0n) is 10.1. The quantitative estimate of drug-likeness (QED) is 0.849. The number of aryl methyl sites for hydroxylation is 1. The number of thiazole rings is 1. The molecule has 1 saturated heterocycles. The van der Waals surface area contributed by atoms with Crippen LogP contribution in [0.5, 0.6) is 0 Å². The van der Waals surface area contributed by atoms with Gasteiger partial charge < -0.3 is 4.90 Å². The number of nitrogens with zero attached hydrogens (tertiary/aromatic N) is 3. The molecule has 2 heterocycles. The predicted molar refractivity (Wildman–Crippen MR) is 67.4 cm³/mol. The lowest BCUT2D eigenvalue weighted by Crippen LogP contribution is -2.50. The second-order valence-corrected chi connectivity index (χ2v) is 5.40.